The highest BCUT2D eigenvalue weighted by Crippen LogP contribution is 2.28. The summed E-state index contributed by atoms with van der Waals surface area (Å²) >= 11 is 0. The van der Waals surface area contributed by atoms with Crippen molar-refractivity contribution in [3.63, 3.8) is 0 Å². The molecule has 24 heavy (non-hydrogen) atoms. The van der Waals surface area contributed by atoms with E-state index in [1.54, 1.807) is 0 Å². The number of hydrogen-bond acceptors (Lipinski definition) is 2. The molecule has 0 radical (unpaired) electrons. The van der Waals surface area contributed by atoms with Crippen LogP contribution in [0.25, 0.3) is 22.4 Å². The molecule has 1 atom stereocenters. The van der Waals surface area contributed by atoms with Gasteiger partial charge in [-0.2, -0.15) is 0 Å². The van der Waals surface area contributed by atoms with E-state index in [2.05, 4.69) is 65.3 Å². The van der Waals surface area contributed by atoms with Gasteiger partial charge in [-0.1, -0.05) is 42.8 Å². The maximum atomic E-state index is 4.95. The Morgan fingerprint density at radius 1 is 1.08 bits per heavy atom. The van der Waals surface area contributed by atoms with Crippen LogP contribution in [0.1, 0.15) is 31.2 Å². The number of nitrogens with one attached hydrogen (secondary N) is 1. The summed E-state index contributed by atoms with van der Waals surface area (Å²) in [7, 11) is 0. The molecule has 0 bridgehead atoms. The largest absolute Gasteiger partial charge is 0.324 e. The van der Waals surface area contributed by atoms with Gasteiger partial charge in [0.1, 0.15) is 5.82 Å². The van der Waals surface area contributed by atoms with Crippen molar-refractivity contribution in [2.75, 3.05) is 6.54 Å². The Bertz CT molecular complexity index is 828. The lowest BCUT2D eigenvalue weighted by Crippen LogP contribution is -2.34. The van der Waals surface area contributed by atoms with Crippen molar-refractivity contribution in [2.45, 2.75) is 45.2 Å². The van der Waals surface area contributed by atoms with E-state index in [0.29, 0.717) is 6.04 Å². The predicted octanol–water partition coefficient (Wildman–Crippen LogP) is 4.54. The second kappa shape index (κ2) is 6.78. The van der Waals surface area contributed by atoms with Crippen molar-refractivity contribution in [3.05, 3.63) is 54.1 Å². The lowest BCUT2D eigenvalue weighted by molar-refractivity contribution is 0.368. The van der Waals surface area contributed by atoms with Crippen molar-refractivity contribution in [2.24, 2.45) is 0 Å². The van der Waals surface area contributed by atoms with E-state index in [9.17, 15) is 0 Å². The highest BCUT2D eigenvalue weighted by atomic mass is 15.1. The number of piperidine rings is 1. The van der Waals surface area contributed by atoms with Crippen molar-refractivity contribution < 1.29 is 0 Å². The fourth-order valence-electron chi connectivity index (χ4n) is 3.79. The van der Waals surface area contributed by atoms with Crippen LogP contribution in [0.2, 0.25) is 0 Å². The molecule has 1 aliphatic heterocycles. The van der Waals surface area contributed by atoms with Gasteiger partial charge in [-0.05, 0) is 50.4 Å². The zero-order valence-corrected chi connectivity index (χ0v) is 14.3. The van der Waals surface area contributed by atoms with E-state index >= 15 is 0 Å². The van der Waals surface area contributed by atoms with Crippen LogP contribution in [-0.2, 0) is 6.54 Å². The zero-order valence-electron chi connectivity index (χ0n) is 14.3. The number of fused-ring (bicyclic) bond motifs is 1. The summed E-state index contributed by atoms with van der Waals surface area (Å²) in [5.74, 6) is 1.10. The molecular formula is C21H25N3. The predicted molar refractivity (Wildman–Crippen MR) is 100 cm³/mol. The minimum Gasteiger partial charge on any atom is -0.324 e. The van der Waals surface area contributed by atoms with Crippen molar-refractivity contribution in [1.29, 1.82) is 0 Å². The summed E-state index contributed by atoms with van der Waals surface area (Å²) < 4.78 is 2.41. The van der Waals surface area contributed by atoms with Gasteiger partial charge in [0.15, 0.2) is 0 Å². The highest BCUT2D eigenvalue weighted by molar-refractivity contribution is 5.81. The molecule has 0 spiro atoms. The normalized spacial score (nSPS) is 18.1. The smallest absolute Gasteiger partial charge is 0.141 e. The number of hydrogen-bond donors (Lipinski definition) is 1. The van der Waals surface area contributed by atoms with Crippen molar-refractivity contribution >= 4 is 11.0 Å². The van der Waals surface area contributed by atoms with Gasteiger partial charge in [0.05, 0.1) is 11.0 Å². The van der Waals surface area contributed by atoms with Gasteiger partial charge in [-0.3, -0.25) is 0 Å². The van der Waals surface area contributed by atoms with E-state index in [1.165, 1.54) is 48.9 Å². The van der Waals surface area contributed by atoms with Gasteiger partial charge in [0.2, 0.25) is 0 Å². The first kappa shape index (κ1) is 15.4. The van der Waals surface area contributed by atoms with E-state index in [0.717, 1.165) is 17.9 Å². The standard InChI is InChI=1S/C21H25N3/c1-16-8-2-3-10-18(16)21-23-19-11-4-5-12-20(19)24(21)15-13-17-9-6-7-14-22-17/h2-5,8,10-12,17,22H,6-7,9,13-15H2,1H3. The van der Waals surface area contributed by atoms with E-state index < -0.39 is 0 Å². The molecule has 3 heteroatoms. The molecule has 1 aliphatic rings. The molecular weight excluding hydrogens is 294 g/mol. The number of nitrogens with zero attached hydrogens (tertiary/aromatic N) is 2. The number of imidazole rings is 1. The Labute approximate surface area is 143 Å². The Morgan fingerprint density at radius 3 is 2.75 bits per heavy atom. The number of rotatable bonds is 4. The van der Waals surface area contributed by atoms with Crippen LogP contribution < -0.4 is 5.32 Å². The van der Waals surface area contributed by atoms with Crippen LogP contribution in [-0.4, -0.2) is 22.1 Å². The number of para-hydroxylation sites is 2. The quantitative estimate of drug-likeness (QED) is 0.765. The summed E-state index contributed by atoms with van der Waals surface area (Å²) in [5, 5.41) is 3.67. The maximum Gasteiger partial charge on any atom is 0.141 e. The van der Waals surface area contributed by atoms with E-state index in [4.69, 9.17) is 4.98 Å². The first-order chi connectivity index (χ1) is 11.8. The minimum atomic E-state index is 0.643. The highest BCUT2D eigenvalue weighted by Gasteiger charge is 2.17. The molecule has 1 N–H and O–H groups in total. The average molecular weight is 319 g/mol. The summed E-state index contributed by atoms with van der Waals surface area (Å²) in [5.41, 5.74) is 4.86. The molecule has 0 aliphatic carbocycles. The molecule has 0 saturated carbocycles. The third-order valence-electron chi connectivity index (χ3n) is 5.15. The van der Waals surface area contributed by atoms with Gasteiger partial charge in [-0.15, -0.1) is 0 Å². The van der Waals surface area contributed by atoms with Crippen molar-refractivity contribution in [1.82, 2.24) is 14.9 Å². The second-order valence-electron chi connectivity index (χ2n) is 6.83. The van der Waals surface area contributed by atoms with Crippen LogP contribution in [0.3, 0.4) is 0 Å². The topological polar surface area (TPSA) is 29.9 Å². The molecule has 0 amide bonds. The molecule has 3 aromatic rings. The first-order valence-electron chi connectivity index (χ1n) is 9.07. The lowest BCUT2D eigenvalue weighted by atomic mass is 10.0. The Kier molecular flexibility index (Phi) is 4.35. The SMILES string of the molecule is Cc1ccccc1-c1nc2ccccc2n1CCC1CCCCN1. The van der Waals surface area contributed by atoms with Crippen LogP contribution in [0, 0.1) is 6.92 Å². The molecule has 124 valence electrons. The number of aromatic nitrogens is 2. The van der Waals surface area contributed by atoms with Gasteiger partial charge in [-0.25, -0.2) is 4.98 Å². The minimum absolute atomic E-state index is 0.643. The van der Waals surface area contributed by atoms with E-state index in [-0.39, 0.29) is 0 Å². The zero-order chi connectivity index (χ0) is 16.4. The fourth-order valence-corrected chi connectivity index (χ4v) is 3.79. The third kappa shape index (κ3) is 2.96. The molecule has 1 unspecified atom stereocenters. The lowest BCUT2D eigenvalue weighted by Gasteiger charge is -2.24. The molecule has 4 rings (SSSR count). The van der Waals surface area contributed by atoms with Gasteiger partial charge < -0.3 is 9.88 Å². The van der Waals surface area contributed by atoms with Crippen molar-refractivity contribution in [3.8, 4) is 11.4 Å². The number of aryl methyl sites for hydroxylation is 2. The monoisotopic (exact) mass is 319 g/mol. The van der Waals surface area contributed by atoms with Crippen LogP contribution >= 0.6 is 0 Å². The van der Waals surface area contributed by atoms with Gasteiger partial charge >= 0.3 is 0 Å². The molecule has 3 nitrogen and oxygen atoms in total. The summed E-state index contributed by atoms with van der Waals surface area (Å²) in [6, 6.07) is 17.7. The fraction of sp³-hybridized carbons (Fsp3) is 0.381. The molecule has 1 fully saturated rings. The Hall–Kier alpha value is -2.13. The summed E-state index contributed by atoms with van der Waals surface area (Å²) in [6.45, 7) is 4.35. The third-order valence-corrected chi connectivity index (χ3v) is 5.15. The Morgan fingerprint density at radius 2 is 1.92 bits per heavy atom. The summed E-state index contributed by atoms with van der Waals surface area (Å²) in [4.78, 5) is 4.95. The molecule has 1 aromatic heterocycles. The molecule has 2 heterocycles. The molecule has 1 saturated heterocycles. The van der Waals surface area contributed by atoms with Crippen LogP contribution in [0.15, 0.2) is 48.5 Å². The number of benzene rings is 2. The average Bonchev–Trinajstić information content (AvgIpc) is 2.99. The second-order valence-corrected chi connectivity index (χ2v) is 6.83. The summed E-state index contributed by atoms with van der Waals surface area (Å²) in [6.07, 6.45) is 5.14. The Balaban J connectivity index is 1.71. The molecule has 2 aromatic carbocycles. The van der Waals surface area contributed by atoms with Crippen LogP contribution in [0.5, 0.6) is 0 Å². The van der Waals surface area contributed by atoms with Gasteiger partial charge in [0, 0.05) is 18.2 Å². The van der Waals surface area contributed by atoms with Gasteiger partial charge in [0.25, 0.3) is 0 Å². The maximum absolute atomic E-state index is 4.95. The van der Waals surface area contributed by atoms with Crippen LogP contribution in [0.4, 0.5) is 0 Å². The first-order valence-corrected chi connectivity index (χ1v) is 9.07. The van der Waals surface area contributed by atoms with E-state index in [1.807, 2.05) is 0 Å².